The molecule has 1 aromatic carbocycles. The molecule has 0 aliphatic heterocycles. The zero-order valence-corrected chi connectivity index (χ0v) is 14.5. The number of carbonyl (C=O) groups is 1. The van der Waals surface area contributed by atoms with Crippen LogP contribution in [-0.2, 0) is 11.3 Å². The Hall–Kier alpha value is -0.910. The molecule has 1 rings (SSSR count). The lowest BCUT2D eigenvalue weighted by Crippen LogP contribution is -2.36. The molecule has 0 saturated carbocycles. The third kappa shape index (κ3) is 4.80. The average Bonchev–Trinajstić information content (AvgIpc) is 2.52. The lowest BCUT2D eigenvalue weighted by Gasteiger charge is -2.29. The number of esters is 1. The molecule has 118 valence electrons. The monoisotopic (exact) mass is 357 g/mol. The van der Waals surface area contributed by atoms with E-state index in [2.05, 4.69) is 35.1 Å². The maximum atomic E-state index is 11.5. The van der Waals surface area contributed by atoms with Gasteiger partial charge < -0.3 is 15.2 Å². The first kappa shape index (κ1) is 18.1. The predicted octanol–water partition coefficient (Wildman–Crippen LogP) is 3.12. The van der Waals surface area contributed by atoms with E-state index in [1.807, 2.05) is 6.07 Å². The zero-order chi connectivity index (χ0) is 15.9. The second-order valence-corrected chi connectivity index (χ2v) is 6.12. The van der Waals surface area contributed by atoms with Gasteiger partial charge in [-0.2, -0.15) is 0 Å². The molecule has 0 unspecified atom stereocenters. The van der Waals surface area contributed by atoms with Crippen LogP contribution < -0.4 is 5.32 Å². The highest BCUT2D eigenvalue weighted by Crippen LogP contribution is 2.25. The number of nitrogens with one attached hydrogen (secondary N) is 1. The van der Waals surface area contributed by atoms with Crippen molar-refractivity contribution in [2.24, 2.45) is 5.41 Å². The number of hydrogen-bond acceptors (Lipinski definition) is 4. The van der Waals surface area contributed by atoms with Crippen LogP contribution in [0.4, 0.5) is 0 Å². The second kappa shape index (κ2) is 8.51. The van der Waals surface area contributed by atoms with Gasteiger partial charge in [0.2, 0.25) is 0 Å². The summed E-state index contributed by atoms with van der Waals surface area (Å²) >= 11 is 3.48. The van der Waals surface area contributed by atoms with Crippen LogP contribution in [0.5, 0.6) is 0 Å². The van der Waals surface area contributed by atoms with E-state index in [1.165, 1.54) is 7.11 Å². The summed E-state index contributed by atoms with van der Waals surface area (Å²) in [6.07, 6.45) is 1.88. The number of hydrogen-bond donors (Lipinski definition) is 2. The number of methoxy groups -OCH3 is 1. The van der Waals surface area contributed by atoms with Crippen molar-refractivity contribution in [1.82, 2.24) is 5.32 Å². The summed E-state index contributed by atoms with van der Waals surface area (Å²) < 4.78 is 5.57. The van der Waals surface area contributed by atoms with Gasteiger partial charge in [0.15, 0.2) is 0 Å². The van der Waals surface area contributed by atoms with Crippen LogP contribution in [0.15, 0.2) is 22.7 Å². The van der Waals surface area contributed by atoms with Crippen LogP contribution >= 0.6 is 15.9 Å². The minimum atomic E-state index is -0.341. The Labute approximate surface area is 135 Å². The van der Waals surface area contributed by atoms with E-state index in [0.717, 1.165) is 29.4 Å². The third-order valence-corrected chi connectivity index (χ3v) is 4.86. The van der Waals surface area contributed by atoms with Gasteiger partial charge in [0.25, 0.3) is 0 Å². The topological polar surface area (TPSA) is 58.6 Å². The first-order valence-electron chi connectivity index (χ1n) is 7.20. The average molecular weight is 358 g/mol. The van der Waals surface area contributed by atoms with Crippen molar-refractivity contribution in [2.75, 3.05) is 20.3 Å². The molecule has 21 heavy (non-hydrogen) atoms. The molecule has 4 nitrogen and oxygen atoms in total. The molecule has 0 spiro atoms. The minimum Gasteiger partial charge on any atom is -0.465 e. The predicted molar refractivity (Wildman–Crippen MR) is 87.3 cm³/mol. The van der Waals surface area contributed by atoms with Crippen LogP contribution in [0.3, 0.4) is 0 Å². The second-order valence-electron chi connectivity index (χ2n) is 5.27. The fraction of sp³-hybridized carbons (Fsp3) is 0.562. The van der Waals surface area contributed by atoms with Crippen molar-refractivity contribution in [1.29, 1.82) is 0 Å². The van der Waals surface area contributed by atoms with Crippen LogP contribution in [0.2, 0.25) is 0 Å². The minimum absolute atomic E-state index is 0.0571. The molecular weight excluding hydrogens is 334 g/mol. The van der Waals surface area contributed by atoms with Crippen LogP contribution in [0, 0.1) is 5.41 Å². The first-order chi connectivity index (χ1) is 10.0. The fourth-order valence-corrected chi connectivity index (χ4v) is 2.70. The summed E-state index contributed by atoms with van der Waals surface area (Å²) in [6, 6.07) is 5.43. The van der Waals surface area contributed by atoms with Gasteiger partial charge in [-0.25, -0.2) is 4.79 Å². The Morgan fingerprint density at radius 2 is 2.05 bits per heavy atom. The normalized spacial score (nSPS) is 11.5. The molecule has 0 radical (unpaired) electrons. The summed E-state index contributed by atoms with van der Waals surface area (Å²) in [5.41, 5.74) is 1.54. The Morgan fingerprint density at radius 1 is 1.38 bits per heavy atom. The number of ether oxygens (including phenoxy) is 1. The van der Waals surface area contributed by atoms with E-state index >= 15 is 0 Å². The molecule has 2 N–H and O–H groups in total. The van der Waals surface area contributed by atoms with Gasteiger partial charge in [-0.1, -0.05) is 35.8 Å². The fourth-order valence-electron chi connectivity index (χ4n) is 2.18. The Kier molecular flexibility index (Phi) is 7.35. The highest BCUT2D eigenvalue weighted by molar-refractivity contribution is 9.10. The van der Waals surface area contributed by atoms with E-state index in [1.54, 1.807) is 12.1 Å². The van der Waals surface area contributed by atoms with Crippen molar-refractivity contribution in [2.45, 2.75) is 33.2 Å². The van der Waals surface area contributed by atoms with E-state index in [-0.39, 0.29) is 18.0 Å². The Morgan fingerprint density at radius 3 is 2.52 bits per heavy atom. The molecule has 0 aliphatic carbocycles. The van der Waals surface area contributed by atoms with Gasteiger partial charge in [-0.3, -0.25) is 0 Å². The van der Waals surface area contributed by atoms with Crippen molar-refractivity contribution >= 4 is 21.9 Å². The maximum Gasteiger partial charge on any atom is 0.337 e. The van der Waals surface area contributed by atoms with Crippen LogP contribution in [0.1, 0.15) is 42.6 Å². The van der Waals surface area contributed by atoms with Crippen LogP contribution in [0.25, 0.3) is 0 Å². The SMILES string of the molecule is CCC(CC)(CO)CNCc1ccc(C(=O)OC)cc1Br. The van der Waals surface area contributed by atoms with Gasteiger partial charge in [-0.05, 0) is 30.5 Å². The number of benzene rings is 1. The molecular formula is C16H24BrNO3. The largest absolute Gasteiger partial charge is 0.465 e. The molecule has 0 amide bonds. The van der Waals surface area contributed by atoms with Gasteiger partial charge in [0.05, 0.1) is 12.7 Å². The highest BCUT2D eigenvalue weighted by Gasteiger charge is 2.24. The summed E-state index contributed by atoms with van der Waals surface area (Å²) in [5, 5.41) is 12.9. The standard InChI is InChI=1S/C16H24BrNO3/c1-4-16(5-2,11-19)10-18-9-13-7-6-12(8-14(13)17)15(20)21-3/h6-8,18-19H,4-5,9-11H2,1-3H3. The molecule has 0 heterocycles. The van der Waals surface area contributed by atoms with Crippen molar-refractivity contribution in [3.8, 4) is 0 Å². The van der Waals surface area contributed by atoms with Crippen LogP contribution in [-0.4, -0.2) is 31.3 Å². The molecule has 0 aromatic heterocycles. The maximum absolute atomic E-state index is 11.5. The van der Waals surface area contributed by atoms with E-state index in [9.17, 15) is 9.90 Å². The van der Waals surface area contributed by atoms with E-state index < -0.39 is 0 Å². The van der Waals surface area contributed by atoms with E-state index in [0.29, 0.717) is 12.1 Å². The molecule has 5 heteroatoms. The Balaban J connectivity index is 2.66. The number of halogens is 1. The molecule has 1 aromatic rings. The summed E-state index contributed by atoms with van der Waals surface area (Å²) in [4.78, 5) is 11.5. The van der Waals surface area contributed by atoms with Gasteiger partial charge in [-0.15, -0.1) is 0 Å². The zero-order valence-electron chi connectivity index (χ0n) is 12.9. The van der Waals surface area contributed by atoms with Crippen molar-refractivity contribution in [3.05, 3.63) is 33.8 Å². The van der Waals surface area contributed by atoms with Gasteiger partial charge in [0.1, 0.15) is 0 Å². The summed E-state index contributed by atoms with van der Waals surface area (Å²) in [6.45, 7) is 5.84. The third-order valence-electron chi connectivity index (χ3n) is 4.13. The molecule has 0 atom stereocenters. The van der Waals surface area contributed by atoms with Crippen molar-refractivity contribution in [3.63, 3.8) is 0 Å². The number of aliphatic hydroxyl groups is 1. The molecule has 0 saturated heterocycles. The number of carbonyl (C=O) groups excluding carboxylic acids is 1. The van der Waals surface area contributed by atoms with Gasteiger partial charge in [0, 0.05) is 29.6 Å². The van der Waals surface area contributed by atoms with Gasteiger partial charge >= 0.3 is 5.97 Å². The molecule has 0 aliphatic rings. The Bertz CT molecular complexity index is 464. The first-order valence-corrected chi connectivity index (χ1v) is 7.99. The summed E-state index contributed by atoms with van der Waals surface area (Å²) in [5.74, 6) is -0.341. The lowest BCUT2D eigenvalue weighted by atomic mass is 9.83. The molecule has 0 bridgehead atoms. The molecule has 0 fully saturated rings. The smallest absolute Gasteiger partial charge is 0.337 e. The number of rotatable bonds is 8. The number of aliphatic hydroxyl groups excluding tert-OH is 1. The summed E-state index contributed by atoms with van der Waals surface area (Å²) in [7, 11) is 1.37. The van der Waals surface area contributed by atoms with Crippen molar-refractivity contribution < 1.29 is 14.6 Å². The lowest BCUT2D eigenvalue weighted by molar-refractivity contribution is 0.0600. The quantitative estimate of drug-likeness (QED) is 0.701. The highest BCUT2D eigenvalue weighted by atomic mass is 79.9. The van der Waals surface area contributed by atoms with E-state index in [4.69, 9.17) is 4.74 Å².